The van der Waals surface area contributed by atoms with E-state index in [0.717, 1.165) is 29.8 Å². The maximum absolute atomic E-state index is 13.0. The molecule has 0 saturated carbocycles. The van der Waals surface area contributed by atoms with Gasteiger partial charge < -0.3 is 15.1 Å². The Labute approximate surface area is 203 Å². The van der Waals surface area contributed by atoms with Crippen LogP contribution in [0.5, 0.6) is 0 Å². The summed E-state index contributed by atoms with van der Waals surface area (Å²) in [6.07, 6.45) is -5.08. The second kappa shape index (κ2) is 11.5. The summed E-state index contributed by atoms with van der Waals surface area (Å²) >= 11 is 0. The van der Waals surface area contributed by atoms with Gasteiger partial charge in [-0.2, -0.15) is 13.2 Å². The van der Waals surface area contributed by atoms with Gasteiger partial charge in [0.2, 0.25) is 0 Å². The highest BCUT2D eigenvalue weighted by atomic mass is 32.2. The zero-order valence-electron chi connectivity index (χ0n) is 18.5. The highest BCUT2D eigenvalue weighted by Gasteiger charge is 2.38. The van der Waals surface area contributed by atoms with E-state index in [1.165, 1.54) is 12.1 Å². The molecule has 13 heteroatoms. The van der Waals surface area contributed by atoms with E-state index < -0.39 is 34.0 Å². The van der Waals surface area contributed by atoms with Crippen LogP contribution in [0.2, 0.25) is 0 Å². The number of benzene rings is 3. The molecule has 0 atom stereocenters. The van der Waals surface area contributed by atoms with E-state index in [2.05, 4.69) is 4.72 Å². The quantitative estimate of drug-likeness (QED) is 0.383. The standard InChI is InChI=1S/C21H19FN2O4S.C2HF3O2/c1-24(14-15-5-3-2-4-6-15)20-12-9-17(13-19(20)21(25)26)23-29(27,28)18-10-7-16(22)8-11-18;3-2(4,5)1(6)7/h2-13,23H,14H2,1H3,(H,25,26);(H,6,7). The van der Waals surface area contributed by atoms with Gasteiger partial charge in [-0.3, -0.25) is 4.72 Å². The van der Waals surface area contributed by atoms with Crippen molar-refractivity contribution in [2.24, 2.45) is 0 Å². The summed E-state index contributed by atoms with van der Waals surface area (Å²) in [5, 5.41) is 16.7. The summed E-state index contributed by atoms with van der Waals surface area (Å²) in [5.74, 6) is -4.49. The van der Waals surface area contributed by atoms with Crippen molar-refractivity contribution in [2.75, 3.05) is 16.7 Å². The fourth-order valence-electron chi connectivity index (χ4n) is 2.87. The van der Waals surface area contributed by atoms with Crippen molar-refractivity contribution in [2.45, 2.75) is 17.6 Å². The molecule has 0 unspecified atom stereocenters. The molecule has 0 bridgehead atoms. The molecule has 192 valence electrons. The minimum atomic E-state index is -5.08. The molecule has 36 heavy (non-hydrogen) atoms. The molecule has 0 aliphatic rings. The highest BCUT2D eigenvalue weighted by molar-refractivity contribution is 7.92. The molecule has 8 nitrogen and oxygen atoms in total. The summed E-state index contributed by atoms with van der Waals surface area (Å²) in [6, 6.07) is 18.2. The number of nitrogens with zero attached hydrogens (tertiary/aromatic N) is 1. The van der Waals surface area contributed by atoms with Crippen LogP contribution >= 0.6 is 0 Å². The third kappa shape index (κ3) is 7.98. The third-order valence-corrected chi connectivity index (χ3v) is 5.92. The smallest absolute Gasteiger partial charge is 0.478 e. The molecule has 0 aliphatic carbocycles. The van der Waals surface area contributed by atoms with Crippen LogP contribution in [-0.4, -0.2) is 43.8 Å². The number of nitrogens with one attached hydrogen (secondary N) is 1. The predicted octanol–water partition coefficient (Wildman–Crippen LogP) is 4.59. The molecule has 0 aliphatic heterocycles. The number of aliphatic carboxylic acids is 1. The van der Waals surface area contributed by atoms with E-state index in [-0.39, 0.29) is 16.1 Å². The topological polar surface area (TPSA) is 124 Å². The fourth-order valence-corrected chi connectivity index (χ4v) is 3.92. The van der Waals surface area contributed by atoms with Crippen molar-refractivity contribution < 1.29 is 45.8 Å². The van der Waals surface area contributed by atoms with Gasteiger partial charge in [-0.15, -0.1) is 0 Å². The Morgan fingerprint density at radius 2 is 1.50 bits per heavy atom. The average molecular weight is 528 g/mol. The Hall–Kier alpha value is -4.13. The van der Waals surface area contributed by atoms with Gasteiger partial charge in [-0.05, 0) is 48.0 Å². The lowest BCUT2D eigenvalue weighted by Crippen LogP contribution is -2.21. The first kappa shape index (κ1) is 28.1. The Morgan fingerprint density at radius 1 is 0.944 bits per heavy atom. The summed E-state index contributed by atoms with van der Waals surface area (Å²) in [7, 11) is -2.22. The number of alkyl halides is 3. The number of rotatable bonds is 7. The molecule has 0 heterocycles. The van der Waals surface area contributed by atoms with Gasteiger partial charge >= 0.3 is 18.1 Å². The van der Waals surface area contributed by atoms with Crippen LogP contribution in [0.15, 0.2) is 77.7 Å². The normalized spacial score (nSPS) is 11.1. The first-order chi connectivity index (χ1) is 16.7. The molecular formula is C23H20F4N2O6S. The van der Waals surface area contributed by atoms with E-state index in [0.29, 0.717) is 12.2 Å². The number of carbonyl (C=O) groups is 2. The summed E-state index contributed by atoms with van der Waals surface area (Å²) in [5.41, 5.74) is 1.52. The number of sulfonamides is 1. The Bertz CT molecular complexity index is 1310. The Balaban J connectivity index is 0.000000572. The molecule has 0 aromatic heterocycles. The maximum Gasteiger partial charge on any atom is 0.490 e. The van der Waals surface area contributed by atoms with Crippen LogP contribution < -0.4 is 9.62 Å². The molecule has 0 saturated heterocycles. The second-order valence-corrected chi connectivity index (χ2v) is 8.92. The van der Waals surface area contributed by atoms with Gasteiger partial charge in [-0.1, -0.05) is 30.3 Å². The van der Waals surface area contributed by atoms with Gasteiger partial charge in [0, 0.05) is 19.3 Å². The van der Waals surface area contributed by atoms with E-state index in [4.69, 9.17) is 9.90 Å². The van der Waals surface area contributed by atoms with E-state index in [1.54, 1.807) is 18.0 Å². The molecule has 0 fully saturated rings. The molecule has 3 aromatic carbocycles. The molecule has 0 spiro atoms. The predicted molar refractivity (Wildman–Crippen MR) is 123 cm³/mol. The summed E-state index contributed by atoms with van der Waals surface area (Å²) in [6.45, 7) is 0.488. The van der Waals surface area contributed by atoms with Crippen LogP contribution in [0.1, 0.15) is 15.9 Å². The zero-order chi connectivity index (χ0) is 27.1. The number of carboxylic acids is 2. The zero-order valence-corrected chi connectivity index (χ0v) is 19.3. The van der Waals surface area contributed by atoms with Crippen LogP contribution in [0, 0.1) is 5.82 Å². The minimum absolute atomic E-state index is 0.0391. The van der Waals surface area contributed by atoms with Crippen molar-refractivity contribution in [1.82, 2.24) is 0 Å². The van der Waals surface area contributed by atoms with Crippen molar-refractivity contribution in [3.63, 3.8) is 0 Å². The van der Waals surface area contributed by atoms with Crippen LogP contribution in [0.3, 0.4) is 0 Å². The molecule has 3 rings (SSSR count). The average Bonchev–Trinajstić information content (AvgIpc) is 2.79. The number of carboxylic acid groups (broad SMARTS) is 2. The van der Waals surface area contributed by atoms with Crippen LogP contribution in [-0.2, 0) is 21.4 Å². The maximum atomic E-state index is 13.0. The number of aromatic carboxylic acids is 1. The summed E-state index contributed by atoms with van der Waals surface area (Å²) < 4.78 is 72.0. The lowest BCUT2D eigenvalue weighted by molar-refractivity contribution is -0.192. The number of anilines is 2. The third-order valence-electron chi connectivity index (χ3n) is 4.52. The lowest BCUT2D eigenvalue weighted by atomic mass is 10.1. The fraction of sp³-hybridized carbons (Fsp3) is 0.130. The van der Waals surface area contributed by atoms with Gasteiger partial charge in [0.05, 0.1) is 16.1 Å². The molecule has 3 aromatic rings. The highest BCUT2D eigenvalue weighted by Crippen LogP contribution is 2.26. The van der Waals surface area contributed by atoms with Crippen LogP contribution in [0.4, 0.5) is 28.9 Å². The minimum Gasteiger partial charge on any atom is -0.478 e. The van der Waals surface area contributed by atoms with E-state index >= 15 is 0 Å². The monoisotopic (exact) mass is 528 g/mol. The number of hydrogen-bond donors (Lipinski definition) is 3. The summed E-state index contributed by atoms with van der Waals surface area (Å²) in [4.78, 5) is 22.3. The number of halogens is 4. The SMILES string of the molecule is CN(Cc1ccccc1)c1ccc(NS(=O)(=O)c2ccc(F)cc2)cc1C(=O)O.O=C(O)C(F)(F)F. The molecule has 0 amide bonds. The Morgan fingerprint density at radius 3 is 2.00 bits per heavy atom. The molecule has 0 radical (unpaired) electrons. The first-order valence-electron chi connectivity index (χ1n) is 9.91. The van der Waals surface area contributed by atoms with Crippen molar-refractivity contribution in [1.29, 1.82) is 0 Å². The van der Waals surface area contributed by atoms with Gasteiger partial charge in [0.25, 0.3) is 10.0 Å². The van der Waals surface area contributed by atoms with E-state index in [9.17, 15) is 35.9 Å². The Kier molecular flexibility index (Phi) is 9.00. The second-order valence-electron chi connectivity index (χ2n) is 7.24. The number of hydrogen-bond acceptors (Lipinski definition) is 5. The molecular weight excluding hydrogens is 508 g/mol. The van der Waals surface area contributed by atoms with Crippen molar-refractivity contribution in [3.8, 4) is 0 Å². The largest absolute Gasteiger partial charge is 0.490 e. The van der Waals surface area contributed by atoms with Gasteiger partial charge in [0.1, 0.15) is 5.82 Å². The van der Waals surface area contributed by atoms with Gasteiger partial charge in [-0.25, -0.2) is 22.4 Å². The first-order valence-corrected chi connectivity index (χ1v) is 11.4. The van der Waals surface area contributed by atoms with E-state index in [1.807, 2.05) is 30.3 Å². The van der Waals surface area contributed by atoms with Crippen molar-refractivity contribution in [3.05, 3.63) is 89.7 Å². The lowest BCUT2D eigenvalue weighted by Gasteiger charge is -2.22. The van der Waals surface area contributed by atoms with Gasteiger partial charge in [0.15, 0.2) is 0 Å². The van der Waals surface area contributed by atoms with Crippen LogP contribution in [0.25, 0.3) is 0 Å². The molecule has 3 N–H and O–H groups in total. The van der Waals surface area contributed by atoms with Crippen molar-refractivity contribution >= 4 is 33.3 Å².